The van der Waals surface area contributed by atoms with Crippen molar-refractivity contribution in [3.63, 3.8) is 0 Å². The van der Waals surface area contributed by atoms with Crippen molar-refractivity contribution >= 4 is 40.5 Å². The molecule has 0 unspecified atom stereocenters. The lowest BCUT2D eigenvalue weighted by atomic mass is 9.99. The first kappa shape index (κ1) is 24.0. The van der Waals surface area contributed by atoms with Crippen LogP contribution in [0.25, 0.3) is 0 Å². The average molecular weight is 529 g/mol. The third-order valence-electron chi connectivity index (χ3n) is 4.55. The molecule has 0 spiro atoms. The molecule has 0 aliphatic heterocycles. The van der Waals surface area contributed by atoms with Crippen LogP contribution in [0, 0.1) is 3.57 Å². The highest BCUT2D eigenvalue weighted by atomic mass is 127. The third kappa shape index (κ3) is 6.11. The molecule has 9 heteroatoms. The monoisotopic (exact) mass is 529 g/mol. The molecule has 0 saturated heterocycles. The second-order valence-electron chi connectivity index (χ2n) is 6.56. The maximum atomic E-state index is 12.8. The Morgan fingerprint density at radius 1 is 1.20 bits per heavy atom. The number of para-hydroxylation sites is 1. The summed E-state index contributed by atoms with van der Waals surface area (Å²) in [7, 11) is 0. The van der Waals surface area contributed by atoms with Crippen LogP contribution < -0.4 is 10.7 Å². The van der Waals surface area contributed by atoms with E-state index in [1.807, 2.05) is 43.3 Å². The molecule has 0 radical (unpaired) electrons. The first-order chi connectivity index (χ1) is 14.4. The maximum Gasteiger partial charge on any atom is 0.429 e. The van der Waals surface area contributed by atoms with Gasteiger partial charge in [0.25, 0.3) is 0 Å². The molecule has 1 aromatic rings. The summed E-state index contributed by atoms with van der Waals surface area (Å²) in [6.07, 6.45) is 2.85. The van der Waals surface area contributed by atoms with Crippen LogP contribution in [-0.4, -0.2) is 54.2 Å². The normalized spacial score (nSPS) is 19.2. The molecule has 2 amide bonds. The first-order valence-corrected chi connectivity index (χ1v) is 10.9. The van der Waals surface area contributed by atoms with Gasteiger partial charge in [-0.25, -0.2) is 20.0 Å². The second-order valence-corrected chi connectivity index (χ2v) is 7.73. The lowest BCUT2D eigenvalue weighted by molar-refractivity contribution is 0.0616. The van der Waals surface area contributed by atoms with Gasteiger partial charge >= 0.3 is 12.2 Å². The number of ether oxygens (including phenoxy) is 2. The number of hydrogen-bond acceptors (Lipinski definition) is 6. The zero-order valence-electron chi connectivity index (χ0n) is 17.4. The first-order valence-electron chi connectivity index (χ1n) is 9.82. The smallest absolute Gasteiger partial charge is 0.429 e. The lowest BCUT2D eigenvalue weighted by Crippen LogP contribution is -2.57. The summed E-state index contributed by atoms with van der Waals surface area (Å²) in [6.45, 7) is 5.58. The van der Waals surface area contributed by atoms with Crippen molar-refractivity contribution in [2.45, 2.75) is 39.3 Å². The van der Waals surface area contributed by atoms with Crippen molar-refractivity contribution in [2.24, 2.45) is 0 Å². The van der Waals surface area contributed by atoms with Gasteiger partial charge < -0.3 is 19.9 Å². The zero-order chi connectivity index (χ0) is 22.1. The Morgan fingerprint density at radius 3 is 2.53 bits per heavy atom. The molecule has 1 aromatic carbocycles. The Kier molecular flexibility index (Phi) is 9.44. The van der Waals surface area contributed by atoms with E-state index in [1.165, 1.54) is 0 Å². The molecular formula is C21H28IN3O5. The van der Waals surface area contributed by atoms with Crippen molar-refractivity contribution in [1.29, 1.82) is 0 Å². The fourth-order valence-electron chi connectivity index (χ4n) is 3.18. The number of rotatable bonds is 7. The molecule has 2 rings (SSSR count). The number of hydrogen-bond donors (Lipinski definition) is 3. The van der Waals surface area contributed by atoms with Crippen LogP contribution in [0.2, 0.25) is 0 Å². The van der Waals surface area contributed by atoms with Gasteiger partial charge in [-0.1, -0.05) is 29.9 Å². The molecule has 3 N–H and O–H groups in total. The Morgan fingerprint density at radius 2 is 1.90 bits per heavy atom. The van der Waals surface area contributed by atoms with E-state index in [0.717, 1.165) is 25.4 Å². The number of halogens is 1. The highest BCUT2D eigenvalue weighted by Crippen LogP contribution is 2.30. The highest BCUT2D eigenvalue weighted by Gasteiger charge is 2.38. The Hall–Kier alpha value is -2.27. The number of carbonyl (C=O) groups is 2. The number of carbonyl (C=O) groups excluding carboxylic acids is 2. The molecule has 8 nitrogen and oxygen atoms in total. The van der Waals surface area contributed by atoms with Gasteiger partial charge in [-0.2, -0.15) is 0 Å². The summed E-state index contributed by atoms with van der Waals surface area (Å²) >= 11 is 2.23. The Labute approximate surface area is 190 Å². The number of nitrogens with zero attached hydrogens (tertiary/aromatic N) is 1. The van der Waals surface area contributed by atoms with E-state index in [1.54, 1.807) is 13.8 Å². The molecule has 164 valence electrons. The predicted octanol–water partition coefficient (Wildman–Crippen LogP) is 3.83. The standard InChI is InChI=1S/C21H28IN3O5/c1-4-29-20(27)24-25(21(28)30-5-2)19-15(14(3)12-13-26)10-11-18(19)23-17-9-7-6-8-16(17)22/h6-11,18-19,23,26H,4-5,12-13H2,1-3H3,(H,24,27)/b15-14+/t18-,19-/m0/s1. The molecule has 1 aliphatic rings. The lowest BCUT2D eigenvalue weighted by Gasteiger charge is -2.34. The SMILES string of the molecule is CCOC(=O)NN(C(=O)OCC)[C@H]1/C(=C(\C)CCO)C=C[C@@H]1Nc1ccccc1I. The van der Waals surface area contributed by atoms with E-state index in [4.69, 9.17) is 9.47 Å². The van der Waals surface area contributed by atoms with Crippen LogP contribution in [0.4, 0.5) is 15.3 Å². The molecule has 30 heavy (non-hydrogen) atoms. The average Bonchev–Trinajstić information content (AvgIpc) is 3.12. The van der Waals surface area contributed by atoms with Crippen LogP contribution in [-0.2, 0) is 9.47 Å². The quantitative estimate of drug-likeness (QED) is 0.367. The van der Waals surface area contributed by atoms with E-state index < -0.39 is 18.2 Å². The fraction of sp³-hybridized carbons (Fsp3) is 0.429. The van der Waals surface area contributed by atoms with Crippen molar-refractivity contribution in [2.75, 3.05) is 25.1 Å². The van der Waals surface area contributed by atoms with Gasteiger partial charge in [0.1, 0.15) is 6.04 Å². The third-order valence-corrected chi connectivity index (χ3v) is 5.49. The predicted molar refractivity (Wildman–Crippen MR) is 123 cm³/mol. The molecule has 0 aromatic heterocycles. The number of anilines is 1. The van der Waals surface area contributed by atoms with E-state index in [9.17, 15) is 14.7 Å². The summed E-state index contributed by atoms with van der Waals surface area (Å²) < 4.78 is 11.2. The minimum Gasteiger partial charge on any atom is -0.449 e. The molecule has 0 heterocycles. The van der Waals surface area contributed by atoms with E-state index in [2.05, 4.69) is 33.3 Å². The summed E-state index contributed by atoms with van der Waals surface area (Å²) in [5, 5.41) is 14.0. The topological polar surface area (TPSA) is 100 Å². The summed E-state index contributed by atoms with van der Waals surface area (Å²) in [6, 6.07) is 6.87. The van der Waals surface area contributed by atoms with E-state index >= 15 is 0 Å². The van der Waals surface area contributed by atoms with Gasteiger partial charge in [-0.15, -0.1) is 0 Å². The summed E-state index contributed by atoms with van der Waals surface area (Å²) in [5.74, 6) is 0. The van der Waals surface area contributed by atoms with Gasteiger partial charge in [-0.05, 0) is 67.5 Å². The molecule has 1 aliphatic carbocycles. The molecule has 0 saturated carbocycles. The summed E-state index contributed by atoms with van der Waals surface area (Å²) in [4.78, 5) is 24.9. The van der Waals surface area contributed by atoms with Crippen LogP contribution in [0.5, 0.6) is 0 Å². The number of hydrazine groups is 1. The number of benzene rings is 1. The van der Waals surface area contributed by atoms with E-state index in [-0.39, 0.29) is 25.9 Å². The maximum absolute atomic E-state index is 12.8. The van der Waals surface area contributed by atoms with Gasteiger partial charge in [-0.3, -0.25) is 0 Å². The minimum atomic E-state index is -0.746. The van der Waals surface area contributed by atoms with Crippen LogP contribution >= 0.6 is 22.6 Å². The van der Waals surface area contributed by atoms with Crippen molar-refractivity contribution < 1.29 is 24.2 Å². The highest BCUT2D eigenvalue weighted by molar-refractivity contribution is 14.1. The van der Waals surface area contributed by atoms with Crippen molar-refractivity contribution in [3.8, 4) is 0 Å². The van der Waals surface area contributed by atoms with Gasteiger partial charge in [0.2, 0.25) is 0 Å². The molecule has 0 fully saturated rings. The van der Waals surface area contributed by atoms with Crippen LogP contribution in [0.15, 0.2) is 47.6 Å². The number of nitrogens with one attached hydrogen (secondary N) is 2. The van der Waals surface area contributed by atoms with E-state index in [0.29, 0.717) is 6.42 Å². The summed E-state index contributed by atoms with van der Waals surface area (Å²) in [5.41, 5.74) is 5.15. The molecular weight excluding hydrogens is 501 g/mol. The Bertz CT molecular complexity index is 812. The van der Waals surface area contributed by atoms with Crippen molar-refractivity contribution in [1.82, 2.24) is 10.4 Å². The largest absolute Gasteiger partial charge is 0.449 e. The number of amides is 2. The van der Waals surface area contributed by atoms with Crippen molar-refractivity contribution in [3.05, 3.63) is 51.1 Å². The Balaban J connectivity index is 2.44. The second kappa shape index (κ2) is 11.8. The van der Waals surface area contributed by atoms with Crippen LogP contribution in [0.1, 0.15) is 27.2 Å². The molecule has 2 atom stereocenters. The zero-order valence-corrected chi connectivity index (χ0v) is 19.5. The number of aliphatic hydroxyl groups excluding tert-OH is 1. The van der Waals surface area contributed by atoms with Gasteiger partial charge in [0.05, 0.1) is 19.3 Å². The van der Waals surface area contributed by atoms with Gasteiger partial charge in [0.15, 0.2) is 0 Å². The fourth-order valence-corrected chi connectivity index (χ4v) is 3.72. The van der Waals surface area contributed by atoms with Gasteiger partial charge in [0, 0.05) is 15.9 Å². The molecule has 0 bridgehead atoms. The minimum absolute atomic E-state index is 0.0186. The number of aliphatic hydroxyl groups is 1. The van der Waals surface area contributed by atoms with Crippen LogP contribution in [0.3, 0.4) is 0 Å².